The Bertz CT molecular complexity index is 1070. The molecule has 4 aromatic rings. The highest BCUT2D eigenvalue weighted by Crippen LogP contribution is 2.35. The van der Waals surface area contributed by atoms with Crippen molar-refractivity contribution in [1.29, 1.82) is 0 Å². The van der Waals surface area contributed by atoms with E-state index < -0.39 is 0 Å². The van der Waals surface area contributed by atoms with Crippen LogP contribution in [0.3, 0.4) is 0 Å². The van der Waals surface area contributed by atoms with Gasteiger partial charge in [0.25, 0.3) is 0 Å². The molecule has 1 N–H and O–H groups in total. The zero-order chi connectivity index (χ0) is 18.2. The van der Waals surface area contributed by atoms with Crippen molar-refractivity contribution in [3.63, 3.8) is 0 Å². The van der Waals surface area contributed by atoms with Gasteiger partial charge in [0, 0.05) is 26.0 Å². The highest BCUT2D eigenvalue weighted by molar-refractivity contribution is 5.73. The van der Waals surface area contributed by atoms with Crippen LogP contribution >= 0.6 is 0 Å². The molecule has 0 amide bonds. The number of hydrogen-bond acceptors (Lipinski definition) is 5. The summed E-state index contributed by atoms with van der Waals surface area (Å²) in [5.74, 6) is 2.28. The Morgan fingerprint density at radius 1 is 1.11 bits per heavy atom. The Kier molecular flexibility index (Phi) is 3.78. The predicted octanol–water partition coefficient (Wildman–Crippen LogP) is 3.55. The minimum atomic E-state index is 0.307. The van der Waals surface area contributed by atoms with Crippen LogP contribution in [0.25, 0.3) is 5.52 Å². The molecule has 1 aromatic carbocycles. The van der Waals surface area contributed by atoms with Crippen LogP contribution < -0.4 is 10.2 Å². The van der Waals surface area contributed by atoms with Crippen molar-refractivity contribution in [2.75, 3.05) is 16.8 Å². The lowest BCUT2D eigenvalue weighted by Crippen LogP contribution is -2.25. The van der Waals surface area contributed by atoms with Gasteiger partial charge in [0.2, 0.25) is 5.95 Å². The lowest BCUT2D eigenvalue weighted by molar-refractivity contribution is 0.690. The molecular formula is C20H21N7. The molecule has 1 aliphatic rings. The smallest absolute Gasteiger partial charge is 0.246 e. The maximum Gasteiger partial charge on any atom is 0.246 e. The van der Waals surface area contributed by atoms with Gasteiger partial charge in [-0.15, -0.1) is 5.10 Å². The number of fused-ring (bicyclic) bond motifs is 1. The number of nitrogens with zero attached hydrogens (tertiary/aromatic N) is 6. The fourth-order valence-corrected chi connectivity index (χ4v) is 3.76. The third-order valence-corrected chi connectivity index (χ3v) is 5.03. The molecular weight excluding hydrogens is 338 g/mol. The number of anilines is 3. The summed E-state index contributed by atoms with van der Waals surface area (Å²) >= 11 is 0. The first-order chi connectivity index (χ1) is 13.3. The van der Waals surface area contributed by atoms with Crippen LogP contribution in [0.4, 0.5) is 17.6 Å². The summed E-state index contributed by atoms with van der Waals surface area (Å²) in [5.41, 5.74) is 2.24. The van der Waals surface area contributed by atoms with Crippen LogP contribution in [0.15, 0.2) is 61.2 Å². The summed E-state index contributed by atoms with van der Waals surface area (Å²) in [7, 11) is 1.95. The van der Waals surface area contributed by atoms with Gasteiger partial charge in [-0.05, 0) is 30.5 Å². The van der Waals surface area contributed by atoms with Gasteiger partial charge in [0.15, 0.2) is 5.82 Å². The minimum Gasteiger partial charge on any atom is -0.338 e. The number of aryl methyl sites for hydroxylation is 1. The van der Waals surface area contributed by atoms with Crippen molar-refractivity contribution < 1.29 is 0 Å². The SMILES string of the molecule is Cn1cnc(Nc2nc(N3CCC[C@H]3c3ccccc3)nn3cccc23)c1. The first-order valence-corrected chi connectivity index (χ1v) is 9.20. The molecule has 0 spiro atoms. The van der Waals surface area contributed by atoms with E-state index in [0.29, 0.717) is 6.04 Å². The van der Waals surface area contributed by atoms with Gasteiger partial charge in [-0.1, -0.05) is 30.3 Å². The van der Waals surface area contributed by atoms with Crippen LogP contribution in [0.5, 0.6) is 0 Å². The second-order valence-corrected chi connectivity index (χ2v) is 6.91. The normalized spacial score (nSPS) is 16.9. The van der Waals surface area contributed by atoms with Crippen LogP contribution in [0.2, 0.25) is 0 Å². The molecule has 0 bridgehead atoms. The topological polar surface area (TPSA) is 63.3 Å². The maximum atomic E-state index is 4.87. The Morgan fingerprint density at radius 3 is 2.81 bits per heavy atom. The molecule has 3 aromatic heterocycles. The van der Waals surface area contributed by atoms with E-state index in [0.717, 1.165) is 42.5 Å². The van der Waals surface area contributed by atoms with Crippen LogP contribution in [-0.2, 0) is 7.05 Å². The van der Waals surface area contributed by atoms with E-state index in [4.69, 9.17) is 10.1 Å². The fraction of sp³-hybridized carbons (Fsp3) is 0.250. The summed E-state index contributed by atoms with van der Waals surface area (Å²) in [4.78, 5) is 11.5. The van der Waals surface area contributed by atoms with Crippen molar-refractivity contribution >= 4 is 23.1 Å². The summed E-state index contributed by atoms with van der Waals surface area (Å²) in [6, 6.07) is 14.9. The molecule has 0 aliphatic carbocycles. The van der Waals surface area contributed by atoms with Gasteiger partial charge in [-0.2, -0.15) is 4.98 Å². The van der Waals surface area contributed by atoms with Crippen LogP contribution in [0.1, 0.15) is 24.4 Å². The molecule has 1 fully saturated rings. The quantitative estimate of drug-likeness (QED) is 0.604. The lowest BCUT2D eigenvalue weighted by atomic mass is 10.1. The molecule has 5 rings (SSSR count). The van der Waals surface area contributed by atoms with Gasteiger partial charge in [-0.3, -0.25) is 0 Å². The lowest BCUT2D eigenvalue weighted by Gasteiger charge is -2.25. The summed E-state index contributed by atoms with van der Waals surface area (Å²) in [6.45, 7) is 0.954. The van der Waals surface area contributed by atoms with Crippen molar-refractivity contribution in [1.82, 2.24) is 24.1 Å². The Morgan fingerprint density at radius 2 is 2.00 bits per heavy atom. The van der Waals surface area contributed by atoms with E-state index in [1.54, 1.807) is 6.33 Å². The second-order valence-electron chi connectivity index (χ2n) is 6.91. The number of hydrogen-bond donors (Lipinski definition) is 1. The van der Waals surface area contributed by atoms with E-state index in [1.165, 1.54) is 5.56 Å². The number of aromatic nitrogens is 5. The van der Waals surface area contributed by atoms with Gasteiger partial charge in [-0.25, -0.2) is 9.50 Å². The Balaban J connectivity index is 1.55. The summed E-state index contributed by atoms with van der Waals surface area (Å²) < 4.78 is 3.79. The molecule has 0 radical (unpaired) electrons. The van der Waals surface area contributed by atoms with Crippen LogP contribution in [0, 0.1) is 0 Å². The van der Waals surface area contributed by atoms with Gasteiger partial charge >= 0.3 is 0 Å². The number of benzene rings is 1. The van der Waals surface area contributed by atoms with Crippen molar-refractivity contribution in [2.24, 2.45) is 7.05 Å². The Labute approximate surface area is 157 Å². The standard InChI is InChI=1S/C20H21N7/c1-25-13-18(21-14-25)22-19-17-10-6-12-27(17)24-20(23-19)26-11-5-9-16(26)15-7-3-2-4-8-15/h2-4,6-8,10,12-14,16H,5,9,11H2,1H3,(H,22,23,24)/t16-/m0/s1. The van der Waals surface area contributed by atoms with Crippen LogP contribution in [-0.4, -0.2) is 30.7 Å². The molecule has 1 aliphatic heterocycles. The summed E-state index contributed by atoms with van der Waals surface area (Å²) in [5, 5.41) is 8.11. The first-order valence-electron chi connectivity index (χ1n) is 9.20. The van der Waals surface area contributed by atoms with Gasteiger partial charge < -0.3 is 14.8 Å². The third-order valence-electron chi connectivity index (χ3n) is 5.03. The molecule has 7 nitrogen and oxygen atoms in total. The average Bonchev–Trinajstić information content (AvgIpc) is 3.42. The molecule has 4 heterocycles. The van der Waals surface area contributed by atoms with E-state index >= 15 is 0 Å². The average molecular weight is 359 g/mol. The molecule has 0 saturated carbocycles. The van der Waals surface area contributed by atoms with E-state index in [1.807, 2.05) is 40.7 Å². The van der Waals surface area contributed by atoms with Gasteiger partial charge in [0.1, 0.15) is 11.3 Å². The highest BCUT2D eigenvalue weighted by atomic mass is 15.4. The second kappa shape index (κ2) is 6.42. The molecule has 0 unspecified atom stereocenters. The number of rotatable bonds is 4. The summed E-state index contributed by atoms with van der Waals surface area (Å²) in [6.07, 6.45) is 7.91. The van der Waals surface area contributed by atoms with E-state index in [-0.39, 0.29) is 0 Å². The zero-order valence-corrected chi connectivity index (χ0v) is 15.2. The van der Waals surface area contributed by atoms with E-state index in [2.05, 4.69) is 45.5 Å². The van der Waals surface area contributed by atoms with Gasteiger partial charge in [0.05, 0.1) is 12.4 Å². The first kappa shape index (κ1) is 15.9. The largest absolute Gasteiger partial charge is 0.338 e. The third kappa shape index (κ3) is 2.91. The molecule has 136 valence electrons. The zero-order valence-electron chi connectivity index (χ0n) is 15.2. The number of nitrogens with one attached hydrogen (secondary N) is 1. The maximum absolute atomic E-state index is 4.87. The fourth-order valence-electron chi connectivity index (χ4n) is 3.76. The molecule has 1 atom stereocenters. The van der Waals surface area contributed by atoms with E-state index in [9.17, 15) is 0 Å². The minimum absolute atomic E-state index is 0.307. The monoisotopic (exact) mass is 359 g/mol. The van der Waals surface area contributed by atoms with Crippen molar-refractivity contribution in [3.05, 3.63) is 66.7 Å². The molecule has 27 heavy (non-hydrogen) atoms. The van der Waals surface area contributed by atoms with Crippen molar-refractivity contribution in [2.45, 2.75) is 18.9 Å². The Hall–Kier alpha value is -3.35. The molecule has 7 heteroatoms. The predicted molar refractivity (Wildman–Crippen MR) is 105 cm³/mol. The number of imidazole rings is 1. The van der Waals surface area contributed by atoms with Crippen molar-refractivity contribution in [3.8, 4) is 0 Å². The highest BCUT2D eigenvalue weighted by Gasteiger charge is 2.29. The molecule has 1 saturated heterocycles.